The van der Waals surface area contributed by atoms with E-state index in [0.29, 0.717) is 0 Å². The first-order valence-electron chi connectivity index (χ1n) is 0.730. The molecule has 0 bridgehead atoms. The Morgan fingerprint density at radius 3 is 0.800 bits per heavy atom. The van der Waals surface area contributed by atoms with E-state index in [1.54, 1.807) is 0 Å². The van der Waals surface area contributed by atoms with Crippen LogP contribution in [0.1, 0.15) is 0 Å². The molecule has 4 N–H and O–H groups in total. The van der Waals surface area contributed by atoms with Gasteiger partial charge in [-0.15, -0.1) is 0 Å². The zero-order valence-corrected chi connectivity index (χ0v) is 13.0. The molecule has 10 heteroatoms. The van der Waals surface area contributed by atoms with E-state index in [1.807, 2.05) is 0 Å². The van der Waals surface area contributed by atoms with E-state index in [9.17, 15) is 0 Å². The van der Waals surface area contributed by atoms with Gasteiger partial charge in [-0.1, -0.05) is 0 Å². The Morgan fingerprint density at radius 2 is 0.800 bits per heavy atom. The van der Waals surface area contributed by atoms with Gasteiger partial charge in [-0.25, -0.2) is 0 Å². The fraction of sp³-hybridized carbons (Fsp3) is 0. The topological polar surface area (TPSA) is 149 Å². The van der Waals surface area contributed by atoms with Crippen LogP contribution < -0.4 is 103 Å². The first kappa shape index (κ1) is 38.2. The Kier molecular flexibility index (Phi) is 68.5. The molecule has 0 aromatic carbocycles. The van der Waals surface area contributed by atoms with Crippen molar-refractivity contribution in [1.29, 1.82) is 0 Å². The molecule has 0 aromatic rings. The molecule has 0 radical (unpaired) electrons. The second-order valence-corrected chi connectivity index (χ2v) is 1.34. The minimum atomic E-state index is -5.39. The van der Waals surface area contributed by atoms with Crippen molar-refractivity contribution in [2.45, 2.75) is 0 Å². The summed E-state index contributed by atoms with van der Waals surface area (Å²) in [6.45, 7) is 0. The van der Waals surface area contributed by atoms with Crippen LogP contribution in [0.4, 0.5) is 0 Å². The third-order valence-corrected chi connectivity index (χ3v) is 0. The summed E-state index contributed by atoms with van der Waals surface area (Å²) in [7, 11) is -5.39. The number of hydrogen-bond acceptors (Lipinski definition) is 4. The maximum atomic E-state index is 8.55. The van der Waals surface area contributed by atoms with Crippen molar-refractivity contribution in [2.24, 2.45) is 0 Å². The van der Waals surface area contributed by atoms with E-state index >= 15 is 0 Å². The van der Waals surface area contributed by atoms with Crippen LogP contribution in [0.5, 0.6) is 0 Å². The van der Waals surface area contributed by atoms with E-state index in [4.69, 9.17) is 19.2 Å². The molecule has 0 rings (SSSR count). The summed E-state index contributed by atoms with van der Waals surface area (Å²) in [5.41, 5.74) is 0. The molecule has 0 atom stereocenters. The largest absolute Gasteiger partial charge is 1.00 e. The molecule has 0 saturated heterocycles. The van der Waals surface area contributed by atoms with Gasteiger partial charge in [0.15, 0.2) is 0 Å². The minimum absolute atomic E-state index is 0. The molecule has 0 aliphatic heterocycles. The molecule has 0 unspecified atom stereocenters. The van der Waals surface area contributed by atoms with Gasteiger partial charge >= 0.3 is 88.7 Å². The van der Waals surface area contributed by atoms with Gasteiger partial charge in [0.05, 0.1) is 0 Å². The van der Waals surface area contributed by atoms with Gasteiger partial charge in [-0.3, -0.25) is 0 Å². The standard InChI is InChI=1S/3Na.H3O4P.2H2O/c;;;1-5(2,3)4;;/h;;;(H3,1,2,3,4);2*1H2/q3*+1;;;/p-3. The van der Waals surface area contributed by atoms with Gasteiger partial charge in [0.1, 0.15) is 0 Å². The summed E-state index contributed by atoms with van der Waals surface area (Å²) in [6.07, 6.45) is 0. The summed E-state index contributed by atoms with van der Waals surface area (Å²) in [5, 5.41) is 0. The molecule has 0 aromatic heterocycles. The van der Waals surface area contributed by atoms with Crippen molar-refractivity contribution in [3.63, 3.8) is 0 Å². The van der Waals surface area contributed by atoms with Crippen LogP contribution in [0.3, 0.4) is 0 Å². The second kappa shape index (κ2) is 17.9. The predicted octanol–water partition coefficient (Wildman–Crippen LogP) is -13.5. The van der Waals surface area contributed by atoms with E-state index in [0.717, 1.165) is 0 Å². The van der Waals surface area contributed by atoms with E-state index in [-0.39, 0.29) is 99.6 Å². The average molecular weight is 200 g/mol. The zero-order valence-electron chi connectivity index (χ0n) is 6.08. The van der Waals surface area contributed by atoms with Gasteiger partial charge in [0.2, 0.25) is 0 Å². The van der Waals surface area contributed by atoms with E-state index < -0.39 is 7.82 Å². The molecular weight excluding hydrogens is 196 g/mol. The normalized spacial score (nSPS) is 5.90. The van der Waals surface area contributed by atoms with Crippen molar-refractivity contribution in [1.82, 2.24) is 0 Å². The van der Waals surface area contributed by atoms with Crippen molar-refractivity contribution in [2.75, 3.05) is 0 Å². The number of phosphoric acid groups is 1. The molecule has 0 amide bonds. The molecule has 0 aliphatic carbocycles. The number of rotatable bonds is 0. The molecule has 10 heavy (non-hydrogen) atoms. The maximum absolute atomic E-state index is 8.55. The summed E-state index contributed by atoms with van der Waals surface area (Å²) in [6, 6.07) is 0. The molecule has 0 fully saturated rings. The fourth-order valence-corrected chi connectivity index (χ4v) is 0. The molecular formula is H4Na3O6P. The van der Waals surface area contributed by atoms with E-state index in [1.165, 1.54) is 0 Å². The second-order valence-electron chi connectivity index (χ2n) is 0.447. The quantitative estimate of drug-likeness (QED) is 0.281. The van der Waals surface area contributed by atoms with Gasteiger partial charge in [-0.05, 0) is 0 Å². The van der Waals surface area contributed by atoms with Crippen LogP contribution in [0.25, 0.3) is 0 Å². The summed E-state index contributed by atoms with van der Waals surface area (Å²) in [4.78, 5) is 25.6. The van der Waals surface area contributed by atoms with Crippen LogP contribution in [-0.2, 0) is 4.57 Å². The van der Waals surface area contributed by atoms with Gasteiger partial charge in [0.25, 0.3) is 0 Å². The molecule has 0 aliphatic rings. The molecule has 48 valence electrons. The van der Waals surface area contributed by atoms with Crippen LogP contribution >= 0.6 is 7.82 Å². The fourth-order valence-electron chi connectivity index (χ4n) is 0. The summed E-state index contributed by atoms with van der Waals surface area (Å²) < 4.78 is 8.55. The van der Waals surface area contributed by atoms with E-state index in [2.05, 4.69) is 0 Å². The smallest absolute Gasteiger partial charge is 0.822 e. The van der Waals surface area contributed by atoms with Gasteiger partial charge in [0, 0.05) is 0 Å². The summed E-state index contributed by atoms with van der Waals surface area (Å²) >= 11 is 0. The van der Waals surface area contributed by atoms with Crippen molar-refractivity contribution < 1.29 is 119 Å². The zero-order chi connectivity index (χ0) is 4.50. The Labute approximate surface area is 125 Å². The third kappa shape index (κ3) is 121. The van der Waals surface area contributed by atoms with Gasteiger partial charge in [-0.2, -0.15) is 7.82 Å². The molecule has 0 saturated carbocycles. The van der Waals surface area contributed by atoms with Gasteiger partial charge < -0.3 is 30.2 Å². The molecule has 0 heterocycles. The maximum Gasteiger partial charge on any atom is 1.00 e. The summed E-state index contributed by atoms with van der Waals surface area (Å²) in [5.74, 6) is 0. The molecule has 6 nitrogen and oxygen atoms in total. The first-order valence-corrected chi connectivity index (χ1v) is 2.19. The van der Waals surface area contributed by atoms with Crippen molar-refractivity contribution >= 4 is 7.82 Å². The first-order chi connectivity index (χ1) is 2.00. The van der Waals surface area contributed by atoms with Crippen LogP contribution in [-0.4, -0.2) is 11.0 Å². The predicted molar refractivity (Wildman–Crippen MR) is 14.8 cm³/mol. The van der Waals surface area contributed by atoms with Crippen LogP contribution in [0.15, 0.2) is 0 Å². The number of hydrogen-bond donors (Lipinski definition) is 0. The Balaban J connectivity index is -0.00000000800. The van der Waals surface area contributed by atoms with Crippen molar-refractivity contribution in [3.05, 3.63) is 0 Å². The monoisotopic (exact) mass is 200 g/mol. The van der Waals surface area contributed by atoms with Crippen LogP contribution in [0, 0.1) is 0 Å². The van der Waals surface area contributed by atoms with Crippen LogP contribution in [0.2, 0.25) is 0 Å². The molecule has 0 spiro atoms. The Morgan fingerprint density at radius 1 is 0.800 bits per heavy atom. The Bertz CT molecular complexity index is 59.1. The minimum Gasteiger partial charge on any atom is -0.822 e. The SMILES string of the molecule is O.O.O=P([O-])([O-])[O-].[Na+].[Na+].[Na+]. The third-order valence-electron chi connectivity index (χ3n) is 0. The Hall–Kier alpha value is 3.03. The van der Waals surface area contributed by atoms with Crippen molar-refractivity contribution in [3.8, 4) is 0 Å². The average Bonchev–Trinajstić information content (AvgIpc) is 0.722.